The summed E-state index contributed by atoms with van der Waals surface area (Å²) in [6, 6.07) is 4.08. The average Bonchev–Trinajstić information content (AvgIpc) is 3.09. The Morgan fingerprint density at radius 2 is 2.11 bits per heavy atom. The second kappa shape index (κ2) is 5.96. The number of hydrogen-bond donors (Lipinski definition) is 2. The fraction of sp³-hybridized carbons (Fsp3) is 0.571. The summed E-state index contributed by atoms with van der Waals surface area (Å²) < 4.78 is 5.72. The molecule has 1 fully saturated rings. The minimum absolute atomic E-state index is 0.197. The molecule has 1 heterocycles. The van der Waals surface area contributed by atoms with Gasteiger partial charge in [0.1, 0.15) is 0 Å². The fourth-order valence-electron chi connectivity index (χ4n) is 2.17. The smallest absolute Gasteiger partial charge is 0.0911 e. The minimum Gasteiger partial charge on any atom is -0.388 e. The van der Waals surface area contributed by atoms with E-state index in [-0.39, 0.29) is 11.3 Å². The molecule has 1 aromatic heterocycles. The van der Waals surface area contributed by atoms with E-state index in [0.29, 0.717) is 6.42 Å². The van der Waals surface area contributed by atoms with Gasteiger partial charge in [0.15, 0.2) is 0 Å². The van der Waals surface area contributed by atoms with Crippen LogP contribution in [0.2, 0.25) is 0 Å². The van der Waals surface area contributed by atoms with Crippen LogP contribution < -0.4 is 5.73 Å². The van der Waals surface area contributed by atoms with Crippen molar-refractivity contribution in [1.82, 2.24) is 4.98 Å². The molecule has 1 aliphatic carbocycles. The largest absolute Gasteiger partial charge is 0.388 e. The van der Waals surface area contributed by atoms with E-state index < -0.39 is 0 Å². The van der Waals surface area contributed by atoms with Gasteiger partial charge in [-0.15, -0.1) is 0 Å². The van der Waals surface area contributed by atoms with Gasteiger partial charge in [0.2, 0.25) is 0 Å². The quantitative estimate of drug-likeness (QED) is 0.420. The third-order valence-corrected chi connectivity index (χ3v) is 3.43. The second-order valence-corrected chi connectivity index (χ2v) is 5.21. The van der Waals surface area contributed by atoms with Gasteiger partial charge in [0.25, 0.3) is 0 Å². The first-order valence-corrected chi connectivity index (χ1v) is 6.50. The molecular weight excluding hydrogens is 226 g/mol. The zero-order valence-electron chi connectivity index (χ0n) is 10.7. The third-order valence-electron chi connectivity index (χ3n) is 3.43. The lowest BCUT2D eigenvalue weighted by Gasteiger charge is -2.14. The van der Waals surface area contributed by atoms with Gasteiger partial charge in [-0.2, -0.15) is 0 Å². The molecule has 4 heteroatoms. The van der Waals surface area contributed by atoms with Crippen LogP contribution in [-0.2, 0) is 11.2 Å². The molecule has 0 spiro atoms. The van der Waals surface area contributed by atoms with Gasteiger partial charge in [0, 0.05) is 30.8 Å². The Kier molecular flexibility index (Phi) is 4.31. The van der Waals surface area contributed by atoms with Crippen LogP contribution in [0.4, 0.5) is 0 Å². The molecule has 0 aliphatic heterocycles. The molecule has 1 aliphatic rings. The molecule has 2 rings (SSSR count). The SMILES string of the molecule is N=C(N)CC1(COCCCc2ccncc2)CC1. The lowest BCUT2D eigenvalue weighted by Crippen LogP contribution is -2.20. The van der Waals surface area contributed by atoms with E-state index >= 15 is 0 Å². The molecule has 1 aromatic rings. The molecule has 0 unspecified atom stereocenters. The molecule has 0 bridgehead atoms. The summed E-state index contributed by atoms with van der Waals surface area (Å²) >= 11 is 0. The summed E-state index contributed by atoms with van der Waals surface area (Å²) in [4.78, 5) is 3.99. The first-order chi connectivity index (χ1) is 8.70. The number of nitrogens with zero attached hydrogens (tertiary/aromatic N) is 1. The first-order valence-electron chi connectivity index (χ1n) is 6.50. The normalized spacial score (nSPS) is 16.4. The van der Waals surface area contributed by atoms with Crippen molar-refractivity contribution in [1.29, 1.82) is 5.41 Å². The Hall–Kier alpha value is -1.42. The van der Waals surface area contributed by atoms with E-state index in [9.17, 15) is 0 Å². The summed E-state index contributed by atoms with van der Waals surface area (Å²) in [6.07, 6.45) is 8.69. The number of rotatable bonds is 8. The maximum atomic E-state index is 7.34. The van der Waals surface area contributed by atoms with Crippen molar-refractivity contribution in [2.75, 3.05) is 13.2 Å². The predicted molar refractivity (Wildman–Crippen MR) is 71.6 cm³/mol. The first kappa shape index (κ1) is 13.0. The highest BCUT2D eigenvalue weighted by atomic mass is 16.5. The van der Waals surface area contributed by atoms with E-state index in [0.717, 1.165) is 38.9 Å². The molecule has 0 radical (unpaired) electrons. The number of aryl methyl sites for hydroxylation is 1. The molecule has 1 saturated carbocycles. The Labute approximate surface area is 108 Å². The van der Waals surface area contributed by atoms with Crippen LogP contribution in [0.25, 0.3) is 0 Å². The number of ether oxygens (including phenoxy) is 1. The van der Waals surface area contributed by atoms with E-state index in [1.54, 1.807) is 0 Å². The van der Waals surface area contributed by atoms with E-state index in [1.165, 1.54) is 5.56 Å². The van der Waals surface area contributed by atoms with Gasteiger partial charge in [-0.05, 0) is 43.4 Å². The Bertz CT molecular complexity index is 387. The fourth-order valence-corrected chi connectivity index (χ4v) is 2.17. The molecule has 18 heavy (non-hydrogen) atoms. The lowest BCUT2D eigenvalue weighted by molar-refractivity contribution is 0.0907. The topological polar surface area (TPSA) is 72.0 Å². The molecule has 3 N–H and O–H groups in total. The summed E-state index contributed by atoms with van der Waals surface area (Å²) in [5, 5.41) is 7.34. The van der Waals surface area contributed by atoms with Crippen molar-refractivity contribution in [3.63, 3.8) is 0 Å². The molecule has 0 amide bonds. The highest BCUT2D eigenvalue weighted by molar-refractivity contribution is 5.78. The maximum absolute atomic E-state index is 7.34. The third kappa shape index (κ3) is 4.11. The summed E-state index contributed by atoms with van der Waals surface area (Å²) in [6.45, 7) is 1.53. The standard InChI is InChI=1S/C14H21N3O/c15-13(16)10-14(5-6-14)11-18-9-1-2-12-3-7-17-8-4-12/h3-4,7-8H,1-2,5-6,9-11H2,(H3,15,16). The molecule has 0 atom stereocenters. The van der Waals surface area contributed by atoms with E-state index in [4.69, 9.17) is 15.9 Å². The zero-order chi connectivity index (χ0) is 12.8. The number of nitrogens with one attached hydrogen (secondary N) is 1. The van der Waals surface area contributed by atoms with Gasteiger partial charge in [-0.1, -0.05) is 0 Å². The van der Waals surface area contributed by atoms with Crippen LogP contribution in [0.15, 0.2) is 24.5 Å². The van der Waals surface area contributed by atoms with Crippen molar-refractivity contribution in [2.45, 2.75) is 32.1 Å². The number of nitrogens with two attached hydrogens (primary N) is 1. The molecule has 4 nitrogen and oxygen atoms in total. The number of pyridine rings is 1. The van der Waals surface area contributed by atoms with Crippen LogP contribution in [0.1, 0.15) is 31.2 Å². The molecular formula is C14H21N3O. The molecule has 98 valence electrons. The highest BCUT2D eigenvalue weighted by Gasteiger charge is 2.43. The Morgan fingerprint density at radius 3 is 2.72 bits per heavy atom. The minimum atomic E-state index is 0.197. The van der Waals surface area contributed by atoms with Crippen molar-refractivity contribution in [2.24, 2.45) is 11.1 Å². The van der Waals surface area contributed by atoms with Crippen molar-refractivity contribution >= 4 is 5.84 Å². The van der Waals surface area contributed by atoms with Gasteiger partial charge >= 0.3 is 0 Å². The van der Waals surface area contributed by atoms with Gasteiger partial charge in [-0.3, -0.25) is 10.4 Å². The van der Waals surface area contributed by atoms with Crippen LogP contribution in [0.3, 0.4) is 0 Å². The van der Waals surface area contributed by atoms with E-state index in [2.05, 4.69) is 4.98 Å². The molecule has 0 saturated heterocycles. The Balaban J connectivity index is 1.58. The molecule has 0 aromatic carbocycles. The number of aromatic nitrogens is 1. The second-order valence-electron chi connectivity index (χ2n) is 5.21. The monoisotopic (exact) mass is 247 g/mol. The number of hydrogen-bond acceptors (Lipinski definition) is 3. The summed E-state index contributed by atoms with van der Waals surface area (Å²) in [5.41, 5.74) is 6.95. The number of amidine groups is 1. The van der Waals surface area contributed by atoms with Crippen LogP contribution in [0, 0.1) is 10.8 Å². The zero-order valence-corrected chi connectivity index (χ0v) is 10.7. The van der Waals surface area contributed by atoms with Crippen molar-refractivity contribution in [3.05, 3.63) is 30.1 Å². The van der Waals surface area contributed by atoms with Crippen molar-refractivity contribution in [3.8, 4) is 0 Å². The Morgan fingerprint density at radius 1 is 1.39 bits per heavy atom. The highest BCUT2D eigenvalue weighted by Crippen LogP contribution is 2.48. The van der Waals surface area contributed by atoms with Gasteiger partial charge in [0.05, 0.1) is 12.4 Å². The van der Waals surface area contributed by atoms with Gasteiger partial charge < -0.3 is 10.5 Å². The lowest BCUT2D eigenvalue weighted by atomic mass is 10.0. The van der Waals surface area contributed by atoms with Gasteiger partial charge in [-0.25, -0.2) is 0 Å². The predicted octanol–water partition coefficient (Wildman–Crippen LogP) is 2.14. The maximum Gasteiger partial charge on any atom is 0.0911 e. The summed E-state index contributed by atoms with van der Waals surface area (Å²) in [5.74, 6) is 0.285. The van der Waals surface area contributed by atoms with E-state index in [1.807, 2.05) is 24.5 Å². The average molecular weight is 247 g/mol. The van der Waals surface area contributed by atoms with Crippen LogP contribution in [-0.4, -0.2) is 24.0 Å². The van der Waals surface area contributed by atoms with Crippen molar-refractivity contribution < 1.29 is 4.74 Å². The van der Waals surface area contributed by atoms with Crippen LogP contribution >= 0.6 is 0 Å². The summed E-state index contributed by atoms with van der Waals surface area (Å²) in [7, 11) is 0. The van der Waals surface area contributed by atoms with Crippen LogP contribution in [0.5, 0.6) is 0 Å².